The lowest BCUT2D eigenvalue weighted by Gasteiger charge is -2.22. The predicted molar refractivity (Wildman–Crippen MR) is 45.8 cm³/mol. The molecule has 2 rings (SSSR count). The Labute approximate surface area is 71.3 Å². The van der Waals surface area contributed by atoms with Crippen LogP contribution in [0, 0.1) is 0 Å². The van der Waals surface area contributed by atoms with E-state index in [0.29, 0.717) is 6.10 Å². The lowest BCUT2D eigenvalue weighted by atomic mass is 10.1. The molecule has 0 saturated heterocycles. The number of fused-ring (bicyclic) bond motifs is 1. The molecule has 4 heteroatoms. The summed E-state index contributed by atoms with van der Waals surface area (Å²) in [6, 6.07) is 0. The van der Waals surface area contributed by atoms with E-state index < -0.39 is 0 Å². The third kappa shape index (κ3) is 1.08. The molecule has 0 saturated carbocycles. The van der Waals surface area contributed by atoms with Gasteiger partial charge in [0.25, 0.3) is 0 Å². The quantitative estimate of drug-likeness (QED) is 0.659. The minimum Gasteiger partial charge on any atom is -0.396 e. The van der Waals surface area contributed by atoms with Crippen LogP contribution in [0.3, 0.4) is 0 Å². The minimum absolute atomic E-state index is 0.316. The van der Waals surface area contributed by atoms with Gasteiger partial charge in [-0.05, 0) is 6.42 Å². The third-order valence-corrected chi connectivity index (χ3v) is 2.40. The number of rotatable bonds is 1. The summed E-state index contributed by atoms with van der Waals surface area (Å²) in [5.41, 5.74) is 7.65. The fourth-order valence-corrected chi connectivity index (χ4v) is 1.63. The zero-order valence-corrected chi connectivity index (χ0v) is 7.16. The summed E-state index contributed by atoms with van der Waals surface area (Å²) < 4.78 is 7.24. The van der Waals surface area contributed by atoms with Gasteiger partial charge in [0.2, 0.25) is 0 Å². The van der Waals surface area contributed by atoms with Gasteiger partial charge in [0.1, 0.15) is 0 Å². The second-order valence-electron chi connectivity index (χ2n) is 3.12. The van der Waals surface area contributed by atoms with E-state index in [2.05, 4.69) is 5.10 Å². The molecule has 0 amide bonds. The molecule has 1 aromatic heterocycles. The summed E-state index contributed by atoms with van der Waals surface area (Å²) in [5, 5.41) is 4.16. The first-order valence-corrected chi connectivity index (χ1v) is 4.14. The SMILES string of the molecule is COC1CCn2ncc(N)c2C1. The van der Waals surface area contributed by atoms with Crippen molar-refractivity contribution in [2.45, 2.75) is 25.5 Å². The Morgan fingerprint density at radius 3 is 3.33 bits per heavy atom. The lowest BCUT2D eigenvalue weighted by Crippen LogP contribution is -2.25. The van der Waals surface area contributed by atoms with Gasteiger partial charge >= 0.3 is 0 Å². The van der Waals surface area contributed by atoms with E-state index in [1.807, 2.05) is 4.68 Å². The summed E-state index contributed by atoms with van der Waals surface area (Å²) in [6.45, 7) is 0.922. The average Bonchev–Trinajstić information content (AvgIpc) is 2.47. The molecule has 1 aromatic rings. The van der Waals surface area contributed by atoms with E-state index in [1.165, 1.54) is 0 Å². The minimum atomic E-state index is 0.316. The highest BCUT2D eigenvalue weighted by Crippen LogP contribution is 2.21. The van der Waals surface area contributed by atoms with E-state index >= 15 is 0 Å². The van der Waals surface area contributed by atoms with E-state index in [-0.39, 0.29) is 0 Å². The van der Waals surface area contributed by atoms with Crippen LogP contribution in [0.5, 0.6) is 0 Å². The summed E-state index contributed by atoms with van der Waals surface area (Å²) in [7, 11) is 1.74. The molecule has 0 spiro atoms. The van der Waals surface area contributed by atoms with Crippen LogP contribution >= 0.6 is 0 Å². The maximum absolute atomic E-state index is 5.74. The van der Waals surface area contributed by atoms with Gasteiger partial charge in [-0.1, -0.05) is 0 Å². The number of anilines is 1. The molecule has 0 radical (unpaired) electrons. The highest BCUT2D eigenvalue weighted by atomic mass is 16.5. The maximum atomic E-state index is 5.74. The fraction of sp³-hybridized carbons (Fsp3) is 0.625. The molecule has 1 aliphatic rings. The van der Waals surface area contributed by atoms with Crippen LogP contribution in [0.15, 0.2) is 6.20 Å². The molecular formula is C8H13N3O. The number of hydrogen-bond acceptors (Lipinski definition) is 3. The molecule has 2 N–H and O–H groups in total. The maximum Gasteiger partial charge on any atom is 0.0734 e. The van der Waals surface area contributed by atoms with Gasteiger partial charge in [-0.2, -0.15) is 5.10 Å². The van der Waals surface area contributed by atoms with Crippen molar-refractivity contribution >= 4 is 5.69 Å². The standard InChI is InChI=1S/C8H13N3O/c1-12-6-2-3-11-8(4-6)7(9)5-10-11/h5-6H,2-4,9H2,1H3. The van der Waals surface area contributed by atoms with E-state index in [1.54, 1.807) is 13.3 Å². The van der Waals surface area contributed by atoms with Gasteiger partial charge < -0.3 is 10.5 Å². The Bertz CT molecular complexity index is 282. The van der Waals surface area contributed by atoms with Crippen LogP contribution in [-0.4, -0.2) is 23.0 Å². The fourth-order valence-electron chi connectivity index (χ4n) is 1.63. The van der Waals surface area contributed by atoms with Gasteiger partial charge in [-0.3, -0.25) is 4.68 Å². The monoisotopic (exact) mass is 167 g/mol. The van der Waals surface area contributed by atoms with E-state index in [4.69, 9.17) is 10.5 Å². The number of nitrogens with two attached hydrogens (primary N) is 1. The molecular weight excluding hydrogens is 154 g/mol. The number of aromatic nitrogens is 2. The Kier molecular flexibility index (Phi) is 1.77. The first kappa shape index (κ1) is 7.61. The van der Waals surface area contributed by atoms with Crippen molar-refractivity contribution in [3.8, 4) is 0 Å². The summed E-state index contributed by atoms with van der Waals surface area (Å²) in [5.74, 6) is 0. The average molecular weight is 167 g/mol. The molecule has 0 aliphatic carbocycles. The van der Waals surface area contributed by atoms with Crippen LogP contribution in [0.4, 0.5) is 5.69 Å². The van der Waals surface area contributed by atoms with E-state index in [9.17, 15) is 0 Å². The highest BCUT2D eigenvalue weighted by molar-refractivity contribution is 5.41. The second kappa shape index (κ2) is 2.79. The van der Waals surface area contributed by atoms with Crippen molar-refractivity contribution < 1.29 is 4.74 Å². The molecule has 1 aliphatic heterocycles. The van der Waals surface area contributed by atoms with Crippen molar-refractivity contribution in [2.75, 3.05) is 12.8 Å². The zero-order chi connectivity index (χ0) is 8.55. The highest BCUT2D eigenvalue weighted by Gasteiger charge is 2.20. The topological polar surface area (TPSA) is 53.1 Å². The second-order valence-corrected chi connectivity index (χ2v) is 3.12. The molecule has 1 unspecified atom stereocenters. The number of nitrogens with zero attached hydrogens (tertiary/aromatic N) is 2. The summed E-state index contributed by atoms with van der Waals surface area (Å²) in [6.07, 6.45) is 3.96. The molecule has 1 atom stereocenters. The number of nitrogen functional groups attached to an aromatic ring is 1. The largest absolute Gasteiger partial charge is 0.396 e. The molecule has 0 fully saturated rings. The van der Waals surface area contributed by atoms with Gasteiger partial charge in [0.05, 0.1) is 23.7 Å². The van der Waals surface area contributed by atoms with Gasteiger partial charge in [-0.15, -0.1) is 0 Å². The lowest BCUT2D eigenvalue weighted by molar-refractivity contribution is 0.0790. The van der Waals surface area contributed by atoms with Crippen molar-refractivity contribution in [3.05, 3.63) is 11.9 Å². The summed E-state index contributed by atoms with van der Waals surface area (Å²) in [4.78, 5) is 0. The van der Waals surface area contributed by atoms with Crippen molar-refractivity contribution in [1.82, 2.24) is 9.78 Å². The number of methoxy groups -OCH3 is 1. The smallest absolute Gasteiger partial charge is 0.0734 e. The van der Waals surface area contributed by atoms with Gasteiger partial charge in [-0.25, -0.2) is 0 Å². The van der Waals surface area contributed by atoms with Crippen LogP contribution in [0.2, 0.25) is 0 Å². The van der Waals surface area contributed by atoms with Crippen molar-refractivity contribution in [2.24, 2.45) is 0 Å². The van der Waals surface area contributed by atoms with Gasteiger partial charge in [0.15, 0.2) is 0 Å². The Hall–Kier alpha value is -1.03. The third-order valence-electron chi connectivity index (χ3n) is 2.40. The molecule has 2 heterocycles. The normalized spacial score (nSPS) is 22.2. The summed E-state index contributed by atoms with van der Waals surface area (Å²) >= 11 is 0. The van der Waals surface area contributed by atoms with Crippen molar-refractivity contribution in [1.29, 1.82) is 0 Å². The van der Waals surface area contributed by atoms with E-state index in [0.717, 1.165) is 30.8 Å². The molecule has 4 nitrogen and oxygen atoms in total. The van der Waals surface area contributed by atoms with Gasteiger partial charge in [0, 0.05) is 20.1 Å². The molecule has 66 valence electrons. The van der Waals surface area contributed by atoms with Crippen molar-refractivity contribution in [3.63, 3.8) is 0 Å². The Balaban J connectivity index is 2.26. The number of aryl methyl sites for hydroxylation is 1. The van der Waals surface area contributed by atoms with Crippen LogP contribution in [0.1, 0.15) is 12.1 Å². The first-order valence-electron chi connectivity index (χ1n) is 4.14. The van der Waals surface area contributed by atoms with Crippen LogP contribution in [0.25, 0.3) is 0 Å². The zero-order valence-electron chi connectivity index (χ0n) is 7.16. The number of hydrogen-bond donors (Lipinski definition) is 1. The predicted octanol–water partition coefficient (Wildman–Crippen LogP) is 0.427. The van der Waals surface area contributed by atoms with Crippen LogP contribution in [-0.2, 0) is 17.7 Å². The molecule has 0 aromatic carbocycles. The molecule has 12 heavy (non-hydrogen) atoms. The first-order chi connectivity index (χ1) is 5.81. The Morgan fingerprint density at radius 1 is 1.75 bits per heavy atom. The number of ether oxygens (including phenoxy) is 1. The Morgan fingerprint density at radius 2 is 2.58 bits per heavy atom. The van der Waals surface area contributed by atoms with Crippen LogP contribution < -0.4 is 5.73 Å². The molecule has 0 bridgehead atoms.